The summed E-state index contributed by atoms with van der Waals surface area (Å²) in [6.45, 7) is 4.40. The standard InChI is InChI=1S/C54H93O11P/c1-4-7-10-13-16-19-21-22-23-24-25-26-27-28-30-32-34-37-40-43-52(56)61-47-51(65-54(58)45-42-39-36-33-29-20-17-14-11-8-5-2)49-63-66(59,60)62-48-50(46-55)64-53(57)44-41-38-35-31-18-15-12-9-6-3/h7,10,14,16-17,19,22-23,25-26,28,30,50-51,55H,4-6,8-9,11-13,15,18,20-21,24,27,29,31-49H2,1-3H3,(H,59,60)/b10-7-,17-14-,19-16-,23-22-,26-25-,30-28-. The van der Waals surface area contributed by atoms with E-state index in [0.29, 0.717) is 19.3 Å². The van der Waals surface area contributed by atoms with Gasteiger partial charge in [-0.25, -0.2) is 4.57 Å². The SMILES string of the molecule is CC/C=C\C/C=C\C/C=C\C/C=C\C/C=C\CCCCCC(=O)OCC(COP(=O)(O)OCC(CO)OC(=O)CCCCCCCCCCC)OC(=O)CCCCCCC/C=C\CCCC. The van der Waals surface area contributed by atoms with Crippen LogP contribution in [0, 0.1) is 0 Å². The second-order valence-electron chi connectivity index (χ2n) is 17.0. The zero-order valence-electron chi connectivity index (χ0n) is 41.6. The lowest BCUT2D eigenvalue weighted by Gasteiger charge is -2.21. The van der Waals surface area contributed by atoms with Gasteiger partial charge in [0.15, 0.2) is 6.10 Å². The van der Waals surface area contributed by atoms with Gasteiger partial charge < -0.3 is 24.2 Å². The molecule has 0 aliphatic carbocycles. The summed E-state index contributed by atoms with van der Waals surface area (Å²) in [5.74, 6) is -1.52. The fourth-order valence-corrected chi connectivity index (χ4v) is 7.44. The molecule has 3 unspecified atom stereocenters. The van der Waals surface area contributed by atoms with E-state index < -0.39 is 57.8 Å². The maximum absolute atomic E-state index is 12.8. The molecule has 12 heteroatoms. The molecule has 0 aromatic rings. The maximum Gasteiger partial charge on any atom is 0.472 e. The van der Waals surface area contributed by atoms with Crippen LogP contribution < -0.4 is 0 Å². The van der Waals surface area contributed by atoms with Gasteiger partial charge in [-0.1, -0.05) is 184 Å². The van der Waals surface area contributed by atoms with Crippen LogP contribution in [0.4, 0.5) is 0 Å². The molecule has 0 aromatic heterocycles. The third-order valence-corrected chi connectivity index (χ3v) is 11.6. The Morgan fingerprint density at radius 3 is 1.29 bits per heavy atom. The Hall–Kier alpha value is -3.08. The van der Waals surface area contributed by atoms with Gasteiger partial charge in [0, 0.05) is 19.3 Å². The summed E-state index contributed by atoms with van der Waals surface area (Å²) < 4.78 is 39.2. The molecule has 0 amide bonds. The van der Waals surface area contributed by atoms with Gasteiger partial charge in [-0.3, -0.25) is 23.4 Å². The van der Waals surface area contributed by atoms with Crippen LogP contribution in [0.1, 0.15) is 213 Å². The normalized spacial score (nSPS) is 14.1. The summed E-state index contributed by atoms with van der Waals surface area (Å²) in [5, 5.41) is 9.73. The quantitative estimate of drug-likeness (QED) is 0.0197. The van der Waals surface area contributed by atoms with E-state index in [9.17, 15) is 28.9 Å². The molecule has 0 heterocycles. The van der Waals surface area contributed by atoms with Crippen LogP contribution in [0.25, 0.3) is 0 Å². The molecule has 66 heavy (non-hydrogen) atoms. The molecule has 11 nitrogen and oxygen atoms in total. The van der Waals surface area contributed by atoms with E-state index >= 15 is 0 Å². The van der Waals surface area contributed by atoms with Gasteiger partial charge in [-0.15, -0.1) is 0 Å². The lowest BCUT2D eigenvalue weighted by molar-refractivity contribution is -0.161. The molecule has 0 saturated carbocycles. The van der Waals surface area contributed by atoms with Crippen molar-refractivity contribution in [2.24, 2.45) is 0 Å². The smallest absolute Gasteiger partial charge is 0.462 e. The number of ether oxygens (including phenoxy) is 3. The van der Waals surface area contributed by atoms with E-state index in [4.69, 9.17) is 23.3 Å². The zero-order chi connectivity index (χ0) is 48.4. The summed E-state index contributed by atoms with van der Waals surface area (Å²) in [5.41, 5.74) is 0. The van der Waals surface area contributed by atoms with E-state index in [0.717, 1.165) is 109 Å². The van der Waals surface area contributed by atoms with Crippen LogP contribution in [0.3, 0.4) is 0 Å². The van der Waals surface area contributed by atoms with Crippen molar-refractivity contribution < 1.29 is 52.2 Å². The number of hydrogen-bond acceptors (Lipinski definition) is 10. The van der Waals surface area contributed by atoms with Crippen molar-refractivity contribution in [1.82, 2.24) is 0 Å². The number of carbonyl (C=O) groups excluding carboxylic acids is 3. The lowest BCUT2D eigenvalue weighted by atomic mass is 10.1. The summed E-state index contributed by atoms with van der Waals surface area (Å²) in [6.07, 6.45) is 51.7. The highest BCUT2D eigenvalue weighted by Crippen LogP contribution is 2.43. The summed E-state index contributed by atoms with van der Waals surface area (Å²) in [6, 6.07) is 0. The molecule has 0 aliphatic heterocycles. The van der Waals surface area contributed by atoms with Gasteiger partial charge in [0.1, 0.15) is 12.7 Å². The van der Waals surface area contributed by atoms with Crippen molar-refractivity contribution in [1.29, 1.82) is 0 Å². The van der Waals surface area contributed by atoms with Crippen molar-refractivity contribution in [3.63, 3.8) is 0 Å². The second-order valence-corrected chi connectivity index (χ2v) is 18.4. The van der Waals surface area contributed by atoms with E-state index in [-0.39, 0.29) is 25.9 Å². The van der Waals surface area contributed by atoms with Crippen LogP contribution in [0.15, 0.2) is 72.9 Å². The third-order valence-electron chi connectivity index (χ3n) is 10.6. The number of esters is 3. The Morgan fingerprint density at radius 2 is 0.803 bits per heavy atom. The number of phosphoric acid groups is 1. The van der Waals surface area contributed by atoms with Gasteiger partial charge in [0.05, 0.1) is 19.8 Å². The van der Waals surface area contributed by atoms with Gasteiger partial charge in [0.25, 0.3) is 0 Å². The Bertz CT molecular complexity index is 1390. The van der Waals surface area contributed by atoms with Crippen LogP contribution in [0.5, 0.6) is 0 Å². The minimum Gasteiger partial charge on any atom is -0.462 e. The predicted molar refractivity (Wildman–Crippen MR) is 270 cm³/mol. The van der Waals surface area contributed by atoms with Crippen LogP contribution in [-0.4, -0.2) is 66.5 Å². The molecule has 0 rings (SSSR count). The highest BCUT2D eigenvalue weighted by Gasteiger charge is 2.28. The van der Waals surface area contributed by atoms with Crippen LogP contribution in [0.2, 0.25) is 0 Å². The molecule has 0 aliphatic rings. The van der Waals surface area contributed by atoms with Crippen LogP contribution >= 0.6 is 7.82 Å². The number of aliphatic hydroxyl groups excluding tert-OH is 1. The molecule has 0 spiro atoms. The second kappa shape index (κ2) is 48.4. The van der Waals surface area contributed by atoms with E-state index in [2.05, 4.69) is 93.7 Å². The summed E-state index contributed by atoms with van der Waals surface area (Å²) >= 11 is 0. The Kier molecular flexibility index (Phi) is 46.1. The Morgan fingerprint density at radius 1 is 0.439 bits per heavy atom. The molecule has 0 fully saturated rings. The van der Waals surface area contributed by atoms with Gasteiger partial charge in [0.2, 0.25) is 0 Å². The molecule has 0 bridgehead atoms. The highest BCUT2D eigenvalue weighted by atomic mass is 31.2. The topological polar surface area (TPSA) is 155 Å². The minimum atomic E-state index is -4.74. The summed E-state index contributed by atoms with van der Waals surface area (Å²) in [7, 11) is -4.74. The molecule has 0 saturated heterocycles. The minimum absolute atomic E-state index is 0.148. The maximum atomic E-state index is 12.8. The van der Waals surface area contributed by atoms with E-state index in [1.165, 1.54) is 44.9 Å². The van der Waals surface area contributed by atoms with Crippen molar-refractivity contribution >= 4 is 25.7 Å². The number of hydrogen-bond donors (Lipinski definition) is 2. The van der Waals surface area contributed by atoms with Gasteiger partial charge in [-0.2, -0.15) is 0 Å². The largest absolute Gasteiger partial charge is 0.472 e. The first-order valence-electron chi connectivity index (χ1n) is 25.8. The van der Waals surface area contributed by atoms with Crippen molar-refractivity contribution in [3.05, 3.63) is 72.9 Å². The first-order valence-corrected chi connectivity index (χ1v) is 27.3. The number of allylic oxidation sites excluding steroid dienone is 12. The monoisotopic (exact) mass is 949 g/mol. The van der Waals surface area contributed by atoms with Crippen molar-refractivity contribution in [2.75, 3.05) is 26.4 Å². The number of unbranched alkanes of at least 4 members (excludes halogenated alkanes) is 18. The molecule has 3 atom stereocenters. The highest BCUT2D eigenvalue weighted by molar-refractivity contribution is 7.47. The van der Waals surface area contributed by atoms with Gasteiger partial charge >= 0.3 is 25.7 Å². The molecular formula is C54H93O11P. The number of carbonyl (C=O) groups is 3. The molecule has 380 valence electrons. The molecular weight excluding hydrogens is 856 g/mol. The number of aliphatic hydroxyl groups is 1. The lowest BCUT2D eigenvalue weighted by Crippen LogP contribution is -2.30. The van der Waals surface area contributed by atoms with E-state index in [1.54, 1.807) is 0 Å². The first-order chi connectivity index (χ1) is 32.2. The fourth-order valence-electron chi connectivity index (χ4n) is 6.66. The van der Waals surface area contributed by atoms with Crippen molar-refractivity contribution in [3.8, 4) is 0 Å². The molecule has 2 N–H and O–H groups in total. The molecule has 0 radical (unpaired) electrons. The zero-order valence-corrected chi connectivity index (χ0v) is 42.5. The predicted octanol–water partition coefficient (Wildman–Crippen LogP) is 14.6. The van der Waals surface area contributed by atoms with E-state index in [1.807, 2.05) is 0 Å². The Labute approximate surface area is 401 Å². The summed E-state index contributed by atoms with van der Waals surface area (Å²) in [4.78, 5) is 48.2. The van der Waals surface area contributed by atoms with Crippen LogP contribution in [-0.2, 0) is 42.2 Å². The Balaban J connectivity index is 4.77. The average Bonchev–Trinajstić information content (AvgIpc) is 3.30. The molecule has 0 aromatic carbocycles. The average molecular weight is 949 g/mol. The third kappa shape index (κ3) is 46.0. The van der Waals surface area contributed by atoms with Crippen molar-refractivity contribution in [2.45, 2.75) is 226 Å². The number of rotatable bonds is 47. The fraction of sp³-hybridized carbons (Fsp3) is 0.722. The van der Waals surface area contributed by atoms with Gasteiger partial charge in [-0.05, 0) is 83.5 Å². The first kappa shape index (κ1) is 62.9. The number of phosphoric ester groups is 1.